The molecule has 0 radical (unpaired) electrons. The molecule has 2 aromatic rings. The molecular formula is C20H25NO5. The number of carbonyl (C=O) groups excluding carboxylic acids is 1. The molecule has 0 saturated carbocycles. The van der Waals surface area contributed by atoms with Crippen molar-refractivity contribution in [3.05, 3.63) is 48.5 Å². The van der Waals surface area contributed by atoms with Gasteiger partial charge in [0.2, 0.25) is 0 Å². The summed E-state index contributed by atoms with van der Waals surface area (Å²) in [6, 6.07) is 14.3. The maximum Gasteiger partial charge on any atom is 0.261 e. The second kappa shape index (κ2) is 9.56. The van der Waals surface area contributed by atoms with Crippen LogP contribution < -0.4 is 24.3 Å². The number of methoxy groups -OCH3 is 2. The molecule has 0 aliphatic heterocycles. The van der Waals surface area contributed by atoms with Crippen molar-refractivity contribution in [2.75, 3.05) is 20.8 Å². The van der Waals surface area contributed by atoms with Crippen LogP contribution in [0, 0.1) is 0 Å². The van der Waals surface area contributed by atoms with Crippen molar-refractivity contribution in [2.24, 2.45) is 0 Å². The summed E-state index contributed by atoms with van der Waals surface area (Å²) in [4.78, 5) is 12.3. The Hall–Kier alpha value is -2.89. The van der Waals surface area contributed by atoms with Crippen molar-refractivity contribution in [3.8, 4) is 23.0 Å². The van der Waals surface area contributed by atoms with Crippen LogP contribution in [0.2, 0.25) is 0 Å². The molecule has 0 aromatic heterocycles. The lowest BCUT2D eigenvalue weighted by molar-refractivity contribution is -0.128. The number of hydrogen-bond donors (Lipinski definition) is 1. The number of para-hydroxylation sites is 2. The molecule has 1 N–H and O–H groups in total. The van der Waals surface area contributed by atoms with E-state index in [1.165, 1.54) is 0 Å². The lowest BCUT2D eigenvalue weighted by Crippen LogP contribution is -2.43. The van der Waals surface area contributed by atoms with Gasteiger partial charge in [-0.15, -0.1) is 0 Å². The fourth-order valence-corrected chi connectivity index (χ4v) is 2.26. The fraction of sp³-hybridized carbons (Fsp3) is 0.350. The third-order valence-corrected chi connectivity index (χ3v) is 3.69. The zero-order valence-corrected chi connectivity index (χ0v) is 15.5. The van der Waals surface area contributed by atoms with Gasteiger partial charge < -0.3 is 24.3 Å². The predicted molar refractivity (Wildman–Crippen MR) is 99.2 cm³/mol. The number of benzene rings is 2. The fourth-order valence-electron chi connectivity index (χ4n) is 2.26. The van der Waals surface area contributed by atoms with E-state index >= 15 is 0 Å². The van der Waals surface area contributed by atoms with E-state index in [-0.39, 0.29) is 11.9 Å². The molecule has 0 bridgehead atoms. The standard InChI is InChI=1S/C20H25NO5/c1-14(13-25-17-11-9-16(23-3)10-12-17)21-20(22)15(2)26-19-8-6-5-7-18(19)24-4/h5-12,14-15H,13H2,1-4H3,(H,21,22)/t14-,15+/m0/s1. The second-order valence-corrected chi connectivity index (χ2v) is 5.81. The molecule has 2 aromatic carbocycles. The smallest absolute Gasteiger partial charge is 0.261 e. The summed E-state index contributed by atoms with van der Waals surface area (Å²) >= 11 is 0. The second-order valence-electron chi connectivity index (χ2n) is 5.81. The van der Waals surface area contributed by atoms with E-state index in [0.717, 1.165) is 5.75 Å². The SMILES string of the molecule is COc1ccc(OC[C@H](C)NC(=O)[C@@H](C)Oc2ccccc2OC)cc1. The summed E-state index contributed by atoms with van der Waals surface area (Å²) in [5, 5.41) is 2.88. The van der Waals surface area contributed by atoms with Gasteiger partial charge in [-0.05, 0) is 50.2 Å². The van der Waals surface area contributed by atoms with Crippen molar-refractivity contribution >= 4 is 5.91 Å². The molecule has 6 nitrogen and oxygen atoms in total. The van der Waals surface area contributed by atoms with E-state index in [2.05, 4.69) is 5.32 Å². The highest BCUT2D eigenvalue weighted by molar-refractivity contribution is 5.81. The Balaban J connectivity index is 1.81. The number of hydrogen-bond acceptors (Lipinski definition) is 5. The van der Waals surface area contributed by atoms with Crippen LogP contribution in [0.4, 0.5) is 0 Å². The zero-order valence-electron chi connectivity index (χ0n) is 15.5. The van der Waals surface area contributed by atoms with Crippen LogP contribution in [0.1, 0.15) is 13.8 Å². The molecule has 2 rings (SSSR count). The molecule has 0 unspecified atom stereocenters. The van der Waals surface area contributed by atoms with E-state index in [9.17, 15) is 4.79 Å². The van der Waals surface area contributed by atoms with Gasteiger partial charge in [-0.2, -0.15) is 0 Å². The number of rotatable bonds is 9. The van der Waals surface area contributed by atoms with Gasteiger partial charge >= 0.3 is 0 Å². The molecule has 0 fully saturated rings. The maximum atomic E-state index is 12.3. The van der Waals surface area contributed by atoms with Crippen LogP contribution in [0.3, 0.4) is 0 Å². The average molecular weight is 359 g/mol. The summed E-state index contributed by atoms with van der Waals surface area (Å²) in [5.41, 5.74) is 0. The Morgan fingerprint density at radius 3 is 2.15 bits per heavy atom. The van der Waals surface area contributed by atoms with Crippen LogP contribution in [0.15, 0.2) is 48.5 Å². The van der Waals surface area contributed by atoms with E-state index in [1.807, 2.05) is 43.3 Å². The van der Waals surface area contributed by atoms with Gasteiger partial charge in [-0.25, -0.2) is 0 Å². The molecule has 26 heavy (non-hydrogen) atoms. The van der Waals surface area contributed by atoms with Crippen molar-refractivity contribution < 1.29 is 23.7 Å². The number of ether oxygens (including phenoxy) is 4. The molecular weight excluding hydrogens is 334 g/mol. The number of amides is 1. The van der Waals surface area contributed by atoms with Crippen molar-refractivity contribution in [3.63, 3.8) is 0 Å². The molecule has 1 amide bonds. The van der Waals surface area contributed by atoms with E-state index in [1.54, 1.807) is 33.3 Å². The van der Waals surface area contributed by atoms with Gasteiger partial charge in [0.05, 0.1) is 20.3 Å². The van der Waals surface area contributed by atoms with Gasteiger partial charge in [-0.1, -0.05) is 12.1 Å². The van der Waals surface area contributed by atoms with Crippen molar-refractivity contribution in [1.82, 2.24) is 5.32 Å². The molecule has 0 heterocycles. The molecule has 0 saturated heterocycles. The third kappa shape index (κ3) is 5.58. The predicted octanol–water partition coefficient (Wildman–Crippen LogP) is 3.05. The Labute approximate surface area is 154 Å². The molecule has 140 valence electrons. The Bertz CT molecular complexity index is 702. The van der Waals surface area contributed by atoms with Gasteiger partial charge in [0.25, 0.3) is 5.91 Å². The third-order valence-electron chi connectivity index (χ3n) is 3.69. The molecule has 2 atom stereocenters. The minimum atomic E-state index is -0.658. The average Bonchev–Trinajstić information content (AvgIpc) is 2.67. The highest BCUT2D eigenvalue weighted by atomic mass is 16.5. The quantitative estimate of drug-likeness (QED) is 0.745. The largest absolute Gasteiger partial charge is 0.497 e. The monoisotopic (exact) mass is 359 g/mol. The Morgan fingerprint density at radius 2 is 1.54 bits per heavy atom. The number of nitrogens with one attached hydrogen (secondary N) is 1. The van der Waals surface area contributed by atoms with Crippen molar-refractivity contribution in [1.29, 1.82) is 0 Å². The lowest BCUT2D eigenvalue weighted by Gasteiger charge is -2.20. The number of carbonyl (C=O) groups is 1. The highest BCUT2D eigenvalue weighted by Gasteiger charge is 2.18. The van der Waals surface area contributed by atoms with Crippen LogP contribution in [-0.2, 0) is 4.79 Å². The van der Waals surface area contributed by atoms with Crippen molar-refractivity contribution in [2.45, 2.75) is 26.0 Å². The van der Waals surface area contributed by atoms with E-state index in [0.29, 0.717) is 23.9 Å². The molecule has 0 aliphatic carbocycles. The maximum absolute atomic E-state index is 12.3. The Morgan fingerprint density at radius 1 is 0.923 bits per heavy atom. The topological polar surface area (TPSA) is 66.0 Å². The first kappa shape index (κ1) is 19.4. The summed E-state index contributed by atoms with van der Waals surface area (Å²) in [7, 11) is 3.17. The Kier molecular flexibility index (Phi) is 7.14. The first-order valence-corrected chi connectivity index (χ1v) is 8.40. The summed E-state index contributed by atoms with van der Waals surface area (Å²) in [6.07, 6.45) is -0.658. The van der Waals surface area contributed by atoms with E-state index in [4.69, 9.17) is 18.9 Å². The minimum Gasteiger partial charge on any atom is -0.497 e. The normalized spacial score (nSPS) is 12.6. The van der Waals surface area contributed by atoms with Crippen LogP contribution in [0.25, 0.3) is 0 Å². The first-order chi connectivity index (χ1) is 12.5. The van der Waals surface area contributed by atoms with Crippen LogP contribution >= 0.6 is 0 Å². The minimum absolute atomic E-state index is 0.173. The van der Waals surface area contributed by atoms with E-state index < -0.39 is 6.10 Å². The summed E-state index contributed by atoms with van der Waals surface area (Å²) < 4.78 is 21.7. The van der Waals surface area contributed by atoms with Crippen LogP contribution in [0.5, 0.6) is 23.0 Å². The van der Waals surface area contributed by atoms with Gasteiger partial charge in [-0.3, -0.25) is 4.79 Å². The molecule has 6 heteroatoms. The lowest BCUT2D eigenvalue weighted by atomic mass is 10.3. The molecule has 0 aliphatic rings. The summed E-state index contributed by atoms with van der Waals surface area (Å²) in [5.74, 6) is 2.37. The van der Waals surface area contributed by atoms with Gasteiger partial charge in [0.15, 0.2) is 17.6 Å². The summed E-state index contributed by atoms with van der Waals surface area (Å²) in [6.45, 7) is 3.91. The van der Waals surface area contributed by atoms with Gasteiger partial charge in [0, 0.05) is 0 Å². The molecule has 0 spiro atoms. The zero-order chi connectivity index (χ0) is 18.9. The first-order valence-electron chi connectivity index (χ1n) is 8.40. The highest BCUT2D eigenvalue weighted by Crippen LogP contribution is 2.26. The van der Waals surface area contributed by atoms with Crippen LogP contribution in [-0.4, -0.2) is 38.9 Å². The van der Waals surface area contributed by atoms with Gasteiger partial charge in [0.1, 0.15) is 18.1 Å².